The molecule has 0 N–H and O–H groups in total. The predicted octanol–water partition coefficient (Wildman–Crippen LogP) is 9.69. The zero-order chi connectivity index (χ0) is 20.0. The first kappa shape index (κ1) is 23.9. The van der Waals surface area contributed by atoms with Crippen LogP contribution in [0.15, 0.2) is 12.2 Å². The Balaban J connectivity index is 1.46. The van der Waals surface area contributed by atoms with Crippen LogP contribution in [0.5, 0.6) is 0 Å². The molecule has 0 spiro atoms. The predicted molar refractivity (Wildman–Crippen MR) is 118 cm³/mol. The third-order valence-electron chi connectivity index (χ3n) is 7.77. The summed E-state index contributed by atoms with van der Waals surface area (Å²) < 4.78 is 24.5. The Labute approximate surface area is 173 Å². The fourth-order valence-electron chi connectivity index (χ4n) is 5.84. The highest BCUT2D eigenvalue weighted by Crippen LogP contribution is 2.43. The van der Waals surface area contributed by atoms with E-state index in [2.05, 4.69) is 6.92 Å². The van der Waals surface area contributed by atoms with Crippen LogP contribution >= 0.6 is 0 Å². The van der Waals surface area contributed by atoms with E-state index < -0.39 is 6.08 Å². The molecule has 0 aromatic heterocycles. The molecular formula is C26H46F2. The number of allylic oxidation sites excluding steroid dienone is 1. The van der Waals surface area contributed by atoms with Crippen molar-refractivity contribution in [1.82, 2.24) is 0 Å². The molecule has 0 atom stereocenters. The Bertz CT molecular complexity index is 397. The summed E-state index contributed by atoms with van der Waals surface area (Å²) in [7, 11) is 0. The van der Waals surface area contributed by atoms with E-state index in [1.807, 2.05) is 0 Å². The van der Waals surface area contributed by atoms with Crippen LogP contribution in [0.3, 0.4) is 0 Å². The lowest BCUT2D eigenvalue weighted by Crippen LogP contribution is -2.25. The average molecular weight is 397 g/mol. The molecule has 0 aromatic carbocycles. The first-order chi connectivity index (χ1) is 13.7. The molecule has 0 amide bonds. The van der Waals surface area contributed by atoms with Gasteiger partial charge in [-0.05, 0) is 74.7 Å². The smallest absolute Gasteiger partial charge is 0.174 e. The molecule has 0 unspecified atom stereocenters. The molecule has 0 aromatic rings. The van der Waals surface area contributed by atoms with Crippen molar-refractivity contribution in [2.75, 3.05) is 0 Å². The third-order valence-corrected chi connectivity index (χ3v) is 7.77. The molecule has 2 aliphatic carbocycles. The van der Waals surface area contributed by atoms with Crippen LogP contribution in [0.25, 0.3) is 0 Å². The molecule has 2 heteroatoms. The van der Waals surface area contributed by atoms with Gasteiger partial charge in [0.25, 0.3) is 6.08 Å². The molecule has 28 heavy (non-hydrogen) atoms. The van der Waals surface area contributed by atoms with Gasteiger partial charge in [0.2, 0.25) is 0 Å². The van der Waals surface area contributed by atoms with Crippen LogP contribution in [0.1, 0.15) is 129 Å². The van der Waals surface area contributed by atoms with E-state index in [-0.39, 0.29) is 0 Å². The van der Waals surface area contributed by atoms with Crippen molar-refractivity contribution < 1.29 is 8.78 Å². The summed E-state index contributed by atoms with van der Waals surface area (Å²) in [4.78, 5) is 0. The van der Waals surface area contributed by atoms with Gasteiger partial charge in [0.1, 0.15) is 0 Å². The molecule has 0 bridgehead atoms. The molecule has 0 radical (unpaired) electrons. The molecule has 0 aliphatic heterocycles. The number of hydrogen-bond donors (Lipinski definition) is 0. The maximum Gasteiger partial charge on any atom is 0.266 e. The van der Waals surface area contributed by atoms with Crippen LogP contribution in [-0.4, -0.2) is 0 Å². The van der Waals surface area contributed by atoms with Gasteiger partial charge in [-0.3, -0.25) is 0 Å². The normalized spacial score (nSPS) is 28.2. The van der Waals surface area contributed by atoms with Gasteiger partial charge >= 0.3 is 0 Å². The van der Waals surface area contributed by atoms with Crippen LogP contribution in [0.4, 0.5) is 8.78 Å². The largest absolute Gasteiger partial charge is 0.266 e. The van der Waals surface area contributed by atoms with Crippen molar-refractivity contribution in [2.24, 2.45) is 23.7 Å². The van der Waals surface area contributed by atoms with Gasteiger partial charge in [-0.15, -0.1) is 0 Å². The minimum absolute atomic E-state index is 0.515. The summed E-state index contributed by atoms with van der Waals surface area (Å²) in [5.41, 5.74) is 0. The molecule has 2 aliphatic rings. The summed E-state index contributed by atoms with van der Waals surface area (Å²) in [6.45, 7) is 2.29. The SMILES string of the molecule is CCCCCCCCCCC[C@H]1CC[C@H](C2CCC(CC=C(F)F)CC2)CC1. The second-order valence-electron chi connectivity index (χ2n) is 9.91. The lowest BCUT2D eigenvalue weighted by atomic mass is 9.68. The zero-order valence-electron chi connectivity index (χ0n) is 18.6. The summed E-state index contributed by atoms with van der Waals surface area (Å²) in [6, 6.07) is 0. The maximum absolute atomic E-state index is 12.3. The van der Waals surface area contributed by atoms with E-state index in [9.17, 15) is 8.78 Å². The molecule has 164 valence electrons. The molecule has 2 rings (SSSR count). The van der Waals surface area contributed by atoms with E-state index in [0.717, 1.165) is 23.8 Å². The summed E-state index contributed by atoms with van der Waals surface area (Å²) in [5.74, 6) is 3.34. The van der Waals surface area contributed by atoms with Gasteiger partial charge < -0.3 is 0 Å². The van der Waals surface area contributed by atoms with Gasteiger partial charge in [-0.1, -0.05) is 84.0 Å². The van der Waals surface area contributed by atoms with E-state index in [0.29, 0.717) is 12.3 Å². The Kier molecular flexibility index (Phi) is 12.4. The lowest BCUT2D eigenvalue weighted by Gasteiger charge is -2.37. The highest BCUT2D eigenvalue weighted by molar-refractivity contribution is 4.87. The highest BCUT2D eigenvalue weighted by Gasteiger charge is 2.30. The quantitative estimate of drug-likeness (QED) is 0.272. The monoisotopic (exact) mass is 396 g/mol. The molecule has 0 nitrogen and oxygen atoms in total. The third kappa shape index (κ3) is 9.88. The molecule has 2 saturated carbocycles. The van der Waals surface area contributed by atoms with Crippen molar-refractivity contribution in [1.29, 1.82) is 0 Å². The Morgan fingerprint density at radius 1 is 0.643 bits per heavy atom. The van der Waals surface area contributed by atoms with Crippen molar-refractivity contribution in [2.45, 2.75) is 129 Å². The zero-order valence-corrected chi connectivity index (χ0v) is 18.6. The fourth-order valence-corrected chi connectivity index (χ4v) is 5.84. The standard InChI is InChI=1S/C26H46F2/c1-2-3-4-5-6-7-8-9-10-11-22-12-17-24(18-13-22)25-19-14-23(15-20-25)16-21-26(27)28/h21-25H,2-20H2,1H3/t22-,23?,24-,25?. The minimum Gasteiger partial charge on any atom is -0.174 e. The van der Waals surface area contributed by atoms with Crippen molar-refractivity contribution in [3.05, 3.63) is 12.2 Å². The Morgan fingerprint density at radius 3 is 1.61 bits per heavy atom. The van der Waals surface area contributed by atoms with Crippen molar-refractivity contribution >= 4 is 0 Å². The minimum atomic E-state index is -1.49. The van der Waals surface area contributed by atoms with E-state index in [1.54, 1.807) is 0 Å². The van der Waals surface area contributed by atoms with Crippen LogP contribution < -0.4 is 0 Å². The van der Waals surface area contributed by atoms with Crippen LogP contribution in [-0.2, 0) is 0 Å². The first-order valence-electron chi connectivity index (χ1n) is 12.7. The second kappa shape index (κ2) is 14.6. The summed E-state index contributed by atoms with van der Waals surface area (Å²) >= 11 is 0. The van der Waals surface area contributed by atoms with Crippen molar-refractivity contribution in [3.63, 3.8) is 0 Å². The number of halogens is 2. The Morgan fingerprint density at radius 2 is 1.11 bits per heavy atom. The fraction of sp³-hybridized carbons (Fsp3) is 0.923. The van der Waals surface area contributed by atoms with E-state index in [4.69, 9.17) is 0 Å². The molecular weight excluding hydrogens is 350 g/mol. The van der Waals surface area contributed by atoms with Gasteiger partial charge in [0.05, 0.1) is 0 Å². The number of unbranched alkanes of at least 4 members (excludes halogenated alkanes) is 8. The van der Waals surface area contributed by atoms with Gasteiger partial charge in [-0.25, -0.2) is 0 Å². The Hall–Kier alpha value is -0.400. The first-order valence-corrected chi connectivity index (χ1v) is 12.7. The summed E-state index contributed by atoms with van der Waals surface area (Å²) in [6.07, 6.45) is 25.3. The molecule has 2 fully saturated rings. The number of hydrogen-bond acceptors (Lipinski definition) is 0. The van der Waals surface area contributed by atoms with Crippen LogP contribution in [0.2, 0.25) is 0 Å². The highest BCUT2D eigenvalue weighted by atomic mass is 19.3. The van der Waals surface area contributed by atoms with Gasteiger partial charge in [0.15, 0.2) is 0 Å². The average Bonchev–Trinajstić information content (AvgIpc) is 2.72. The van der Waals surface area contributed by atoms with E-state index >= 15 is 0 Å². The van der Waals surface area contributed by atoms with Gasteiger partial charge in [0, 0.05) is 0 Å². The summed E-state index contributed by atoms with van der Waals surface area (Å²) in [5, 5.41) is 0. The van der Waals surface area contributed by atoms with Crippen LogP contribution in [0, 0.1) is 23.7 Å². The lowest BCUT2D eigenvalue weighted by molar-refractivity contribution is 0.143. The van der Waals surface area contributed by atoms with Gasteiger partial charge in [-0.2, -0.15) is 8.78 Å². The molecule has 0 heterocycles. The number of rotatable bonds is 13. The van der Waals surface area contributed by atoms with Crippen molar-refractivity contribution in [3.8, 4) is 0 Å². The maximum atomic E-state index is 12.3. The topological polar surface area (TPSA) is 0 Å². The van der Waals surface area contributed by atoms with E-state index in [1.165, 1.54) is 116 Å². The molecule has 0 saturated heterocycles. The second-order valence-corrected chi connectivity index (χ2v) is 9.91.